The lowest BCUT2D eigenvalue weighted by Gasteiger charge is -2.12. The standard InChI is InChI=1S/C12H19BO/c14-12(10-13-8-4-5-9-13)11-6-2-1-3-7-11/h6H,1-5,7-10H2. The van der Waals surface area contributed by atoms with Gasteiger partial charge in [0.1, 0.15) is 6.71 Å². The van der Waals surface area contributed by atoms with Gasteiger partial charge in [-0.15, -0.1) is 0 Å². The maximum atomic E-state index is 11.9. The minimum Gasteiger partial charge on any atom is -0.295 e. The van der Waals surface area contributed by atoms with Crippen LogP contribution in [0.1, 0.15) is 38.5 Å². The molecule has 2 rings (SSSR count). The van der Waals surface area contributed by atoms with Gasteiger partial charge in [-0.3, -0.25) is 4.79 Å². The third kappa shape index (κ3) is 2.49. The van der Waals surface area contributed by atoms with Crippen molar-refractivity contribution in [2.45, 2.75) is 57.5 Å². The van der Waals surface area contributed by atoms with E-state index in [1.165, 1.54) is 38.3 Å². The molecular weight excluding hydrogens is 171 g/mol. The fourth-order valence-electron chi connectivity index (χ4n) is 2.70. The van der Waals surface area contributed by atoms with Crippen LogP contribution in [0.15, 0.2) is 11.6 Å². The lowest BCUT2D eigenvalue weighted by atomic mass is 9.45. The van der Waals surface area contributed by atoms with Crippen LogP contribution in [0.3, 0.4) is 0 Å². The van der Waals surface area contributed by atoms with Crippen molar-refractivity contribution in [1.29, 1.82) is 0 Å². The van der Waals surface area contributed by atoms with Crippen molar-refractivity contribution in [3.8, 4) is 0 Å². The average molecular weight is 190 g/mol. The zero-order valence-electron chi connectivity index (χ0n) is 8.93. The number of Topliss-reactive ketones (excluding diaryl/α,β-unsaturated/α-hetero) is 1. The lowest BCUT2D eigenvalue weighted by Crippen LogP contribution is -2.15. The van der Waals surface area contributed by atoms with E-state index in [-0.39, 0.29) is 0 Å². The Morgan fingerprint density at radius 3 is 2.64 bits per heavy atom. The maximum absolute atomic E-state index is 11.9. The van der Waals surface area contributed by atoms with Gasteiger partial charge in [-0.05, 0) is 37.6 Å². The largest absolute Gasteiger partial charge is 0.295 e. The first-order valence-corrected chi connectivity index (χ1v) is 6.08. The number of allylic oxidation sites excluding steroid dienone is 2. The van der Waals surface area contributed by atoms with Gasteiger partial charge >= 0.3 is 0 Å². The van der Waals surface area contributed by atoms with E-state index < -0.39 is 0 Å². The number of hydrogen-bond acceptors (Lipinski definition) is 1. The molecule has 1 saturated heterocycles. The Hall–Kier alpha value is -0.525. The molecule has 2 heteroatoms. The molecule has 0 spiro atoms. The SMILES string of the molecule is O=C(CB1CCCC1)C1=CCCCC1. The summed E-state index contributed by atoms with van der Waals surface area (Å²) in [6, 6.07) is 0. The average Bonchev–Trinajstić information content (AvgIpc) is 2.72. The summed E-state index contributed by atoms with van der Waals surface area (Å²) in [5, 5.41) is 0. The molecule has 0 aromatic rings. The Kier molecular flexibility index (Phi) is 3.44. The highest BCUT2D eigenvalue weighted by atomic mass is 16.1. The Labute approximate surface area is 87.0 Å². The third-order valence-corrected chi connectivity index (χ3v) is 3.60. The lowest BCUT2D eigenvalue weighted by molar-refractivity contribution is -0.113. The summed E-state index contributed by atoms with van der Waals surface area (Å²) in [5.74, 6) is 0.455. The van der Waals surface area contributed by atoms with E-state index in [1.807, 2.05) is 0 Å². The van der Waals surface area contributed by atoms with Crippen LogP contribution in [0, 0.1) is 0 Å². The van der Waals surface area contributed by atoms with Crippen LogP contribution in [-0.4, -0.2) is 12.5 Å². The van der Waals surface area contributed by atoms with Gasteiger partial charge in [0.25, 0.3) is 0 Å². The quantitative estimate of drug-likeness (QED) is 0.623. The molecule has 0 unspecified atom stereocenters. The van der Waals surface area contributed by atoms with Gasteiger partial charge in [0, 0.05) is 0 Å². The number of carbonyl (C=O) groups is 1. The van der Waals surface area contributed by atoms with Crippen molar-refractivity contribution in [3.63, 3.8) is 0 Å². The molecule has 0 atom stereocenters. The van der Waals surface area contributed by atoms with E-state index in [9.17, 15) is 4.79 Å². The Balaban J connectivity index is 1.84. The number of hydrogen-bond donors (Lipinski definition) is 0. The number of ketones is 1. The molecular formula is C12H19BO. The summed E-state index contributed by atoms with van der Waals surface area (Å²) in [4.78, 5) is 11.9. The molecule has 0 aromatic carbocycles. The molecule has 1 heterocycles. The molecule has 2 aliphatic rings. The zero-order chi connectivity index (χ0) is 9.80. The summed E-state index contributed by atoms with van der Waals surface area (Å²) in [5.41, 5.74) is 1.14. The second-order valence-corrected chi connectivity index (χ2v) is 4.75. The molecule has 1 fully saturated rings. The summed E-state index contributed by atoms with van der Waals surface area (Å²) in [6.45, 7) is 0.713. The molecule has 0 amide bonds. The van der Waals surface area contributed by atoms with Crippen molar-refractivity contribution in [2.24, 2.45) is 0 Å². The smallest absolute Gasteiger partial charge is 0.151 e. The molecule has 1 nitrogen and oxygen atoms in total. The molecule has 76 valence electrons. The molecule has 0 aromatic heterocycles. The topological polar surface area (TPSA) is 17.1 Å². The maximum Gasteiger partial charge on any atom is 0.151 e. The van der Waals surface area contributed by atoms with Gasteiger partial charge in [0.15, 0.2) is 5.78 Å². The monoisotopic (exact) mass is 190 g/mol. The van der Waals surface area contributed by atoms with Gasteiger partial charge in [0.05, 0.1) is 0 Å². The van der Waals surface area contributed by atoms with E-state index in [0.29, 0.717) is 12.5 Å². The van der Waals surface area contributed by atoms with Crippen LogP contribution < -0.4 is 0 Å². The highest BCUT2D eigenvalue weighted by Gasteiger charge is 2.23. The normalized spacial score (nSPS) is 22.3. The zero-order valence-corrected chi connectivity index (χ0v) is 8.93. The molecule has 0 N–H and O–H groups in total. The van der Waals surface area contributed by atoms with Gasteiger partial charge < -0.3 is 0 Å². The highest BCUT2D eigenvalue weighted by molar-refractivity contribution is 6.63. The number of carbonyl (C=O) groups excluding carboxylic acids is 1. The first-order valence-electron chi connectivity index (χ1n) is 6.08. The van der Waals surface area contributed by atoms with Crippen LogP contribution in [0.5, 0.6) is 0 Å². The van der Waals surface area contributed by atoms with Crippen LogP contribution in [0.25, 0.3) is 0 Å². The van der Waals surface area contributed by atoms with Gasteiger partial charge in [-0.25, -0.2) is 0 Å². The molecule has 0 bridgehead atoms. The van der Waals surface area contributed by atoms with E-state index in [0.717, 1.165) is 24.7 Å². The third-order valence-electron chi connectivity index (χ3n) is 3.60. The van der Waals surface area contributed by atoms with Crippen LogP contribution in [0.2, 0.25) is 19.0 Å². The van der Waals surface area contributed by atoms with Crippen LogP contribution in [0.4, 0.5) is 0 Å². The molecule has 0 saturated carbocycles. The van der Waals surface area contributed by atoms with E-state index in [2.05, 4.69) is 6.08 Å². The molecule has 0 radical (unpaired) electrons. The van der Waals surface area contributed by atoms with Gasteiger partial charge in [-0.1, -0.05) is 31.6 Å². The minimum atomic E-state index is 0.455. The van der Waals surface area contributed by atoms with Crippen molar-refractivity contribution >= 4 is 12.5 Å². The second kappa shape index (κ2) is 4.81. The van der Waals surface area contributed by atoms with Crippen molar-refractivity contribution < 1.29 is 4.79 Å². The summed E-state index contributed by atoms with van der Waals surface area (Å²) in [6.07, 6.45) is 13.0. The fraction of sp³-hybridized carbons (Fsp3) is 0.750. The van der Waals surface area contributed by atoms with Gasteiger partial charge in [0.2, 0.25) is 0 Å². The summed E-state index contributed by atoms with van der Waals surface area (Å²) < 4.78 is 0. The van der Waals surface area contributed by atoms with E-state index in [4.69, 9.17) is 0 Å². The van der Waals surface area contributed by atoms with Crippen molar-refractivity contribution in [2.75, 3.05) is 0 Å². The summed E-state index contributed by atoms with van der Waals surface area (Å²) >= 11 is 0. The second-order valence-electron chi connectivity index (χ2n) is 4.75. The summed E-state index contributed by atoms with van der Waals surface area (Å²) in [7, 11) is 0. The molecule has 1 aliphatic heterocycles. The first-order chi connectivity index (χ1) is 6.86. The van der Waals surface area contributed by atoms with E-state index >= 15 is 0 Å². The Bertz CT molecular complexity index is 239. The predicted octanol–water partition coefficient (Wildman–Crippen LogP) is 3.34. The Morgan fingerprint density at radius 2 is 2.00 bits per heavy atom. The Morgan fingerprint density at radius 1 is 1.21 bits per heavy atom. The first kappa shape index (κ1) is 10.0. The predicted molar refractivity (Wildman–Crippen MR) is 61.0 cm³/mol. The van der Waals surface area contributed by atoms with Crippen molar-refractivity contribution in [1.82, 2.24) is 0 Å². The van der Waals surface area contributed by atoms with Crippen molar-refractivity contribution in [3.05, 3.63) is 11.6 Å². The molecule has 1 aliphatic carbocycles. The number of rotatable bonds is 3. The fourth-order valence-corrected chi connectivity index (χ4v) is 2.70. The van der Waals surface area contributed by atoms with E-state index in [1.54, 1.807) is 0 Å². The molecule has 14 heavy (non-hydrogen) atoms. The highest BCUT2D eigenvalue weighted by Crippen LogP contribution is 2.26. The van der Waals surface area contributed by atoms with Gasteiger partial charge in [-0.2, -0.15) is 0 Å². The van der Waals surface area contributed by atoms with Crippen LogP contribution in [-0.2, 0) is 4.79 Å². The minimum absolute atomic E-state index is 0.455. The van der Waals surface area contributed by atoms with Crippen LogP contribution >= 0.6 is 0 Å².